The smallest absolute Gasteiger partial charge is 0.300 e. The van der Waals surface area contributed by atoms with E-state index in [2.05, 4.69) is 34.3 Å². The molecule has 0 saturated carbocycles. The molecule has 0 fully saturated rings. The van der Waals surface area contributed by atoms with E-state index in [-0.39, 0.29) is 5.91 Å². The van der Waals surface area contributed by atoms with Gasteiger partial charge in [0.25, 0.3) is 0 Å². The summed E-state index contributed by atoms with van der Waals surface area (Å²) in [5, 5.41) is 9.55. The Morgan fingerprint density at radius 2 is 1.96 bits per heavy atom. The molecule has 0 atom stereocenters. The Hall–Kier alpha value is -3.32. The number of aromatic amines is 1. The summed E-state index contributed by atoms with van der Waals surface area (Å²) < 4.78 is 0. The van der Waals surface area contributed by atoms with Crippen molar-refractivity contribution in [1.82, 2.24) is 10.2 Å². The fourth-order valence-electron chi connectivity index (χ4n) is 2.35. The van der Waals surface area contributed by atoms with E-state index >= 15 is 0 Å². The van der Waals surface area contributed by atoms with E-state index in [4.69, 9.17) is 0 Å². The number of nitrogens with zero attached hydrogens (tertiary/aromatic N) is 1. The van der Waals surface area contributed by atoms with Crippen LogP contribution in [0.5, 0.6) is 0 Å². The van der Waals surface area contributed by atoms with Crippen LogP contribution in [0.25, 0.3) is 11.1 Å². The van der Waals surface area contributed by atoms with Gasteiger partial charge in [-0.1, -0.05) is 43.2 Å². The van der Waals surface area contributed by atoms with Gasteiger partial charge in [-0.3, -0.25) is 9.89 Å². The van der Waals surface area contributed by atoms with E-state index in [9.17, 15) is 4.79 Å². The molecule has 0 aliphatic rings. The van der Waals surface area contributed by atoms with Gasteiger partial charge in [-0.25, -0.2) is 0 Å². The molecule has 3 rings (SSSR count). The van der Waals surface area contributed by atoms with Crippen molar-refractivity contribution in [2.24, 2.45) is 0 Å². The summed E-state index contributed by atoms with van der Waals surface area (Å²) in [6.45, 7) is 2.10. The molecule has 0 bridgehead atoms. The van der Waals surface area contributed by atoms with Crippen molar-refractivity contribution >= 4 is 11.6 Å². The van der Waals surface area contributed by atoms with Crippen molar-refractivity contribution in [3.63, 3.8) is 0 Å². The standard InChI is InChI=1S/C20H17N3O/c1-2-15-7-9-16(10-8-15)11-12-20(24)23-19-6-4-3-5-18(19)17-13-21-22-14-17/h3-10,13-14H,2H2,1H3,(H,21,22)(H,23,24). The highest BCUT2D eigenvalue weighted by Gasteiger charge is 2.07. The molecule has 2 aromatic carbocycles. The van der Waals surface area contributed by atoms with Crippen molar-refractivity contribution in [2.45, 2.75) is 13.3 Å². The molecule has 1 aromatic heterocycles. The maximum Gasteiger partial charge on any atom is 0.300 e. The molecular formula is C20H17N3O. The number of benzene rings is 2. The average Bonchev–Trinajstić information content (AvgIpc) is 3.15. The quantitative estimate of drug-likeness (QED) is 0.725. The number of para-hydroxylation sites is 1. The predicted molar refractivity (Wildman–Crippen MR) is 95.4 cm³/mol. The Kier molecular flexibility index (Phi) is 4.73. The Morgan fingerprint density at radius 1 is 1.17 bits per heavy atom. The third-order valence-corrected chi connectivity index (χ3v) is 3.67. The zero-order valence-electron chi connectivity index (χ0n) is 13.3. The third-order valence-electron chi connectivity index (χ3n) is 3.67. The summed E-state index contributed by atoms with van der Waals surface area (Å²) in [6.07, 6.45) is 4.48. The number of carbonyl (C=O) groups is 1. The number of carbonyl (C=O) groups excluding carboxylic acids is 1. The summed E-state index contributed by atoms with van der Waals surface area (Å²) in [4.78, 5) is 12.1. The SMILES string of the molecule is CCc1ccc(C#CC(=O)Nc2ccccc2-c2cn[nH]c2)cc1. The Balaban J connectivity index is 1.75. The van der Waals surface area contributed by atoms with Gasteiger partial charge in [-0.15, -0.1) is 0 Å². The minimum absolute atomic E-state index is 0.342. The largest absolute Gasteiger partial charge is 0.315 e. The maximum atomic E-state index is 12.1. The van der Waals surface area contributed by atoms with E-state index in [1.54, 1.807) is 12.4 Å². The Bertz CT molecular complexity index is 885. The van der Waals surface area contributed by atoms with Gasteiger partial charge in [0.05, 0.1) is 6.20 Å². The lowest BCUT2D eigenvalue weighted by atomic mass is 10.1. The van der Waals surface area contributed by atoms with Gasteiger partial charge >= 0.3 is 5.91 Å². The molecule has 24 heavy (non-hydrogen) atoms. The molecule has 1 heterocycles. The number of aryl methyl sites for hydroxylation is 1. The van der Waals surface area contributed by atoms with Gasteiger partial charge in [0.1, 0.15) is 0 Å². The highest BCUT2D eigenvalue weighted by Crippen LogP contribution is 2.26. The zero-order chi connectivity index (χ0) is 16.8. The van der Waals surface area contributed by atoms with Crippen LogP contribution in [0.4, 0.5) is 5.69 Å². The number of aromatic nitrogens is 2. The van der Waals surface area contributed by atoms with Crippen molar-refractivity contribution in [3.05, 3.63) is 72.1 Å². The van der Waals surface area contributed by atoms with Crippen molar-refractivity contribution in [3.8, 4) is 23.0 Å². The molecule has 0 spiro atoms. The summed E-state index contributed by atoms with van der Waals surface area (Å²) >= 11 is 0. The summed E-state index contributed by atoms with van der Waals surface area (Å²) in [5.41, 5.74) is 4.59. The number of nitrogens with one attached hydrogen (secondary N) is 2. The van der Waals surface area contributed by atoms with Crippen LogP contribution in [0.2, 0.25) is 0 Å². The van der Waals surface area contributed by atoms with Crippen LogP contribution in [0.1, 0.15) is 18.1 Å². The molecule has 4 heteroatoms. The number of anilines is 1. The molecule has 4 nitrogen and oxygen atoms in total. The normalized spacial score (nSPS) is 9.88. The average molecular weight is 315 g/mol. The number of hydrogen-bond donors (Lipinski definition) is 2. The van der Waals surface area contributed by atoms with Gasteiger partial charge < -0.3 is 5.32 Å². The summed E-state index contributed by atoms with van der Waals surface area (Å²) in [6, 6.07) is 15.5. The first kappa shape index (κ1) is 15.6. The summed E-state index contributed by atoms with van der Waals surface area (Å²) in [5.74, 6) is 5.18. The molecule has 0 saturated heterocycles. The van der Waals surface area contributed by atoms with Gasteiger partial charge in [0, 0.05) is 34.5 Å². The fourth-order valence-corrected chi connectivity index (χ4v) is 2.35. The first-order valence-electron chi connectivity index (χ1n) is 7.76. The lowest BCUT2D eigenvalue weighted by Crippen LogP contribution is -2.09. The number of hydrogen-bond acceptors (Lipinski definition) is 2. The van der Waals surface area contributed by atoms with E-state index in [0.717, 1.165) is 23.1 Å². The van der Waals surface area contributed by atoms with Crippen LogP contribution in [0.15, 0.2) is 60.9 Å². The van der Waals surface area contributed by atoms with E-state index < -0.39 is 0 Å². The number of H-pyrrole nitrogens is 1. The highest BCUT2D eigenvalue weighted by molar-refractivity contribution is 6.06. The minimum atomic E-state index is -0.342. The number of amides is 1. The van der Waals surface area contributed by atoms with Crippen molar-refractivity contribution in [1.29, 1.82) is 0 Å². The second-order valence-corrected chi connectivity index (χ2v) is 5.29. The van der Waals surface area contributed by atoms with Crippen molar-refractivity contribution in [2.75, 3.05) is 5.32 Å². The molecule has 118 valence electrons. The number of rotatable bonds is 3. The van der Waals surface area contributed by atoms with Crippen LogP contribution in [-0.2, 0) is 11.2 Å². The lowest BCUT2D eigenvalue weighted by Gasteiger charge is -2.07. The van der Waals surface area contributed by atoms with Crippen LogP contribution < -0.4 is 5.32 Å². The first-order valence-corrected chi connectivity index (χ1v) is 7.76. The summed E-state index contributed by atoms with van der Waals surface area (Å²) in [7, 11) is 0. The minimum Gasteiger partial charge on any atom is -0.315 e. The van der Waals surface area contributed by atoms with Gasteiger partial charge in [0.15, 0.2) is 0 Å². The Morgan fingerprint density at radius 3 is 2.67 bits per heavy atom. The molecule has 0 aliphatic carbocycles. The molecule has 0 aliphatic heterocycles. The monoisotopic (exact) mass is 315 g/mol. The van der Waals surface area contributed by atoms with Crippen LogP contribution >= 0.6 is 0 Å². The van der Waals surface area contributed by atoms with Crippen LogP contribution in [0.3, 0.4) is 0 Å². The maximum absolute atomic E-state index is 12.1. The second kappa shape index (κ2) is 7.30. The Labute approximate surface area is 140 Å². The van der Waals surface area contributed by atoms with Gasteiger partial charge in [-0.05, 0) is 30.2 Å². The predicted octanol–water partition coefficient (Wildman–Crippen LogP) is 3.63. The molecule has 1 amide bonds. The highest BCUT2D eigenvalue weighted by atomic mass is 16.1. The fraction of sp³-hybridized carbons (Fsp3) is 0.100. The van der Waals surface area contributed by atoms with E-state index in [1.165, 1.54) is 5.56 Å². The van der Waals surface area contributed by atoms with Gasteiger partial charge in [-0.2, -0.15) is 5.10 Å². The molecule has 3 aromatic rings. The molecule has 0 unspecified atom stereocenters. The molecule has 2 N–H and O–H groups in total. The lowest BCUT2D eigenvalue weighted by molar-refractivity contribution is -0.111. The zero-order valence-corrected chi connectivity index (χ0v) is 13.3. The topological polar surface area (TPSA) is 57.8 Å². The first-order chi connectivity index (χ1) is 11.8. The molecule has 0 radical (unpaired) electrons. The van der Waals surface area contributed by atoms with Gasteiger partial charge in [0.2, 0.25) is 0 Å². The third kappa shape index (κ3) is 3.71. The van der Waals surface area contributed by atoms with E-state index in [0.29, 0.717) is 5.69 Å². The van der Waals surface area contributed by atoms with Crippen LogP contribution in [-0.4, -0.2) is 16.1 Å². The van der Waals surface area contributed by atoms with Crippen molar-refractivity contribution < 1.29 is 4.79 Å². The molecular weight excluding hydrogens is 298 g/mol. The van der Waals surface area contributed by atoms with E-state index in [1.807, 2.05) is 48.5 Å². The second-order valence-electron chi connectivity index (χ2n) is 5.29. The van der Waals surface area contributed by atoms with Crippen LogP contribution in [0, 0.1) is 11.8 Å².